The number of ether oxygens (including phenoxy) is 1. The van der Waals surface area contributed by atoms with Gasteiger partial charge in [-0.05, 0) is 13.8 Å². The van der Waals surface area contributed by atoms with Crippen LogP contribution >= 0.6 is 0 Å². The van der Waals surface area contributed by atoms with Gasteiger partial charge < -0.3 is 4.74 Å². The molecule has 0 aliphatic carbocycles. The Morgan fingerprint density at radius 1 is 1.57 bits per heavy atom. The maximum Gasteiger partial charge on any atom is 0.333 e. The maximum atomic E-state index is 10.9. The van der Waals surface area contributed by atoms with E-state index in [1.807, 2.05) is 0 Å². The van der Waals surface area contributed by atoms with Crippen molar-refractivity contribution < 1.29 is 17.9 Å². The van der Waals surface area contributed by atoms with Crippen LogP contribution in [-0.2, 0) is 19.6 Å². The smallest absolute Gasteiger partial charge is 0.333 e. The summed E-state index contributed by atoms with van der Waals surface area (Å²) in [6, 6.07) is -0.437. The van der Waals surface area contributed by atoms with Gasteiger partial charge in [0.2, 0.25) is 10.0 Å². The van der Waals surface area contributed by atoms with Crippen LogP contribution < -0.4 is 4.72 Å². The minimum atomic E-state index is -3.26. The lowest BCUT2D eigenvalue weighted by Gasteiger charge is -2.12. The molecule has 1 unspecified atom stereocenters. The minimum absolute atomic E-state index is 0.00123. The average molecular weight is 221 g/mol. The molecule has 1 atom stereocenters. The van der Waals surface area contributed by atoms with E-state index in [1.165, 1.54) is 6.92 Å². The summed E-state index contributed by atoms with van der Waals surface area (Å²) >= 11 is 0. The molecule has 0 aromatic rings. The summed E-state index contributed by atoms with van der Waals surface area (Å²) in [5, 5.41) is 0. The Morgan fingerprint density at radius 3 is 2.43 bits per heavy atom. The van der Waals surface area contributed by atoms with E-state index in [1.54, 1.807) is 6.92 Å². The molecular formula is C8H15NO4S. The van der Waals surface area contributed by atoms with Crippen LogP contribution in [-0.4, -0.2) is 33.3 Å². The summed E-state index contributed by atoms with van der Waals surface area (Å²) in [6.45, 7) is 6.52. The van der Waals surface area contributed by atoms with Crippen molar-refractivity contribution in [3.63, 3.8) is 0 Å². The lowest BCUT2D eigenvalue weighted by molar-refractivity contribution is -0.139. The normalized spacial score (nSPS) is 13.4. The second-order valence-corrected chi connectivity index (χ2v) is 4.95. The Balaban J connectivity index is 3.92. The highest BCUT2D eigenvalue weighted by atomic mass is 32.2. The van der Waals surface area contributed by atoms with Crippen molar-refractivity contribution in [2.45, 2.75) is 19.9 Å². The van der Waals surface area contributed by atoms with Gasteiger partial charge in [0.1, 0.15) is 6.61 Å². The van der Waals surface area contributed by atoms with Gasteiger partial charge in [-0.15, -0.1) is 0 Å². The quantitative estimate of drug-likeness (QED) is 0.525. The number of rotatable bonds is 5. The van der Waals surface area contributed by atoms with Crippen LogP contribution in [0.5, 0.6) is 0 Å². The molecule has 0 aromatic carbocycles. The van der Waals surface area contributed by atoms with Crippen molar-refractivity contribution >= 4 is 16.0 Å². The highest BCUT2D eigenvalue weighted by Gasteiger charge is 2.11. The lowest BCUT2D eigenvalue weighted by Crippen LogP contribution is -2.35. The first-order valence-electron chi connectivity index (χ1n) is 4.02. The van der Waals surface area contributed by atoms with E-state index >= 15 is 0 Å². The standard InChI is InChI=1S/C8H15NO4S/c1-6(2)8(10)13-5-7(3)9-14(4,11)12/h7,9H,1,5H2,2-4H3. The highest BCUT2D eigenvalue weighted by molar-refractivity contribution is 7.88. The van der Waals surface area contributed by atoms with Gasteiger partial charge in [0.05, 0.1) is 12.3 Å². The van der Waals surface area contributed by atoms with E-state index in [0.717, 1.165) is 6.26 Å². The summed E-state index contributed by atoms with van der Waals surface area (Å²) in [5.74, 6) is -0.521. The molecule has 0 radical (unpaired) electrons. The zero-order valence-corrected chi connectivity index (χ0v) is 9.35. The number of sulfonamides is 1. The fourth-order valence-electron chi connectivity index (χ4n) is 0.723. The van der Waals surface area contributed by atoms with Gasteiger partial charge in [0, 0.05) is 5.57 Å². The van der Waals surface area contributed by atoms with Crippen molar-refractivity contribution in [2.24, 2.45) is 0 Å². The van der Waals surface area contributed by atoms with Gasteiger partial charge in [0.25, 0.3) is 0 Å². The first kappa shape index (κ1) is 13.1. The fourth-order valence-corrected chi connectivity index (χ4v) is 1.52. The van der Waals surface area contributed by atoms with Crippen LogP contribution in [0.1, 0.15) is 13.8 Å². The molecule has 82 valence electrons. The van der Waals surface area contributed by atoms with E-state index in [4.69, 9.17) is 4.74 Å². The van der Waals surface area contributed by atoms with E-state index in [0.29, 0.717) is 0 Å². The molecule has 14 heavy (non-hydrogen) atoms. The molecule has 0 aromatic heterocycles. The van der Waals surface area contributed by atoms with Crippen LogP contribution in [0.4, 0.5) is 0 Å². The fraction of sp³-hybridized carbons (Fsp3) is 0.625. The van der Waals surface area contributed by atoms with E-state index < -0.39 is 22.0 Å². The van der Waals surface area contributed by atoms with Crippen molar-refractivity contribution in [1.82, 2.24) is 4.72 Å². The third-order valence-electron chi connectivity index (χ3n) is 1.23. The van der Waals surface area contributed by atoms with Crippen molar-refractivity contribution in [3.05, 3.63) is 12.2 Å². The van der Waals surface area contributed by atoms with Gasteiger partial charge in [-0.2, -0.15) is 0 Å². The minimum Gasteiger partial charge on any atom is -0.461 e. The zero-order chi connectivity index (χ0) is 11.4. The Kier molecular flexibility index (Phi) is 4.79. The second-order valence-electron chi connectivity index (χ2n) is 3.17. The third-order valence-corrected chi connectivity index (χ3v) is 2.06. The van der Waals surface area contributed by atoms with Gasteiger partial charge in [-0.25, -0.2) is 17.9 Å². The SMILES string of the molecule is C=C(C)C(=O)OCC(C)NS(C)(=O)=O. The van der Waals surface area contributed by atoms with Crippen LogP contribution in [0.25, 0.3) is 0 Å². The highest BCUT2D eigenvalue weighted by Crippen LogP contribution is 1.94. The Morgan fingerprint density at radius 2 is 2.07 bits per heavy atom. The molecule has 0 rings (SSSR count). The molecule has 6 heteroatoms. The summed E-state index contributed by atoms with van der Waals surface area (Å²) < 4.78 is 28.5. The topological polar surface area (TPSA) is 72.5 Å². The molecule has 5 nitrogen and oxygen atoms in total. The molecule has 0 bridgehead atoms. The number of carbonyl (C=O) groups is 1. The van der Waals surface area contributed by atoms with Gasteiger partial charge in [-0.3, -0.25) is 0 Å². The maximum absolute atomic E-state index is 10.9. The molecule has 0 saturated heterocycles. The van der Waals surface area contributed by atoms with Gasteiger partial charge in [0.15, 0.2) is 0 Å². The van der Waals surface area contributed by atoms with Gasteiger partial charge >= 0.3 is 5.97 Å². The molecule has 0 aliphatic heterocycles. The summed E-state index contributed by atoms with van der Waals surface area (Å²) in [7, 11) is -3.26. The summed E-state index contributed by atoms with van der Waals surface area (Å²) in [4.78, 5) is 10.9. The largest absolute Gasteiger partial charge is 0.461 e. The van der Waals surface area contributed by atoms with Crippen LogP contribution in [0, 0.1) is 0 Å². The number of hydrogen-bond acceptors (Lipinski definition) is 4. The predicted molar refractivity (Wildman–Crippen MR) is 53.2 cm³/mol. The molecule has 0 spiro atoms. The van der Waals surface area contributed by atoms with Crippen molar-refractivity contribution in [1.29, 1.82) is 0 Å². The second kappa shape index (κ2) is 5.11. The Hall–Kier alpha value is -0.880. The number of nitrogens with one attached hydrogen (secondary N) is 1. The third kappa shape index (κ3) is 6.62. The zero-order valence-electron chi connectivity index (χ0n) is 8.53. The summed E-state index contributed by atoms with van der Waals surface area (Å²) in [5.41, 5.74) is 0.288. The van der Waals surface area contributed by atoms with Crippen molar-refractivity contribution in [2.75, 3.05) is 12.9 Å². The number of carbonyl (C=O) groups excluding carboxylic acids is 1. The molecule has 0 amide bonds. The average Bonchev–Trinajstić information content (AvgIpc) is 1.96. The van der Waals surface area contributed by atoms with Crippen LogP contribution in [0.15, 0.2) is 12.2 Å². The monoisotopic (exact) mass is 221 g/mol. The van der Waals surface area contributed by atoms with Crippen LogP contribution in [0.3, 0.4) is 0 Å². The molecular weight excluding hydrogens is 206 g/mol. The van der Waals surface area contributed by atoms with E-state index in [2.05, 4.69) is 11.3 Å². The molecule has 0 saturated carbocycles. The predicted octanol–water partition coefficient (Wildman–Crippen LogP) is 0.0434. The van der Waals surface area contributed by atoms with E-state index in [-0.39, 0.29) is 12.2 Å². The first-order valence-corrected chi connectivity index (χ1v) is 5.91. The van der Waals surface area contributed by atoms with Crippen LogP contribution in [0.2, 0.25) is 0 Å². The Bertz CT molecular complexity index is 320. The molecule has 0 fully saturated rings. The van der Waals surface area contributed by atoms with Crippen molar-refractivity contribution in [3.8, 4) is 0 Å². The first-order chi connectivity index (χ1) is 6.22. The molecule has 0 aliphatic rings. The summed E-state index contributed by atoms with van der Waals surface area (Å²) in [6.07, 6.45) is 1.05. The number of esters is 1. The molecule has 0 heterocycles. The molecule has 1 N–H and O–H groups in total. The number of hydrogen-bond donors (Lipinski definition) is 1. The lowest BCUT2D eigenvalue weighted by atomic mass is 10.3. The van der Waals surface area contributed by atoms with E-state index in [9.17, 15) is 13.2 Å². The van der Waals surface area contributed by atoms with Gasteiger partial charge in [-0.1, -0.05) is 6.58 Å². The Labute approximate surface area is 84.2 Å².